The van der Waals surface area contributed by atoms with E-state index in [0.29, 0.717) is 15.9 Å². The van der Waals surface area contributed by atoms with Gasteiger partial charge in [0.05, 0.1) is 31.7 Å². The Morgan fingerprint density at radius 2 is 1.44 bits per heavy atom. The number of ether oxygens (including phenoxy) is 4. The molecule has 3 aromatic rings. The Kier molecular flexibility index (Phi) is 12.1. The first-order valence-corrected chi connectivity index (χ1v) is 13.1. The maximum Gasteiger partial charge on any atom is 0.331 e. The number of aromatic amines is 1. The summed E-state index contributed by atoms with van der Waals surface area (Å²) in [6.07, 6.45) is 3.85. The lowest BCUT2D eigenvalue weighted by molar-refractivity contribution is -0.139. The molecule has 0 bridgehead atoms. The molecule has 0 amide bonds. The Bertz CT molecular complexity index is 1630. The minimum absolute atomic E-state index is 0.0281. The van der Waals surface area contributed by atoms with Gasteiger partial charge in [-0.3, -0.25) is 9.78 Å². The Morgan fingerprint density at radius 3 is 2.09 bits per heavy atom. The van der Waals surface area contributed by atoms with Crippen molar-refractivity contribution >= 4 is 57.9 Å². The van der Waals surface area contributed by atoms with E-state index in [1.165, 1.54) is 14.2 Å². The number of nitrogens with one attached hydrogen (secondary N) is 3. The molecular formula is C29H28N4O9S. The molecule has 1 aromatic heterocycles. The van der Waals surface area contributed by atoms with E-state index in [0.717, 1.165) is 41.0 Å². The third-order valence-corrected chi connectivity index (χ3v) is 5.93. The van der Waals surface area contributed by atoms with Crippen LogP contribution in [-0.2, 0) is 38.1 Å². The molecule has 2 aromatic carbocycles. The summed E-state index contributed by atoms with van der Waals surface area (Å²) in [6, 6.07) is 12.7. The monoisotopic (exact) mass is 608 g/mol. The topological polar surface area (TPSA) is 175 Å². The molecule has 14 heteroatoms. The summed E-state index contributed by atoms with van der Waals surface area (Å²) in [7, 11) is 2.39. The number of carbonyl (C=O) groups is 4. The lowest BCUT2D eigenvalue weighted by atomic mass is 10.0. The van der Waals surface area contributed by atoms with Crippen LogP contribution in [0.5, 0.6) is 0 Å². The summed E-state index contributed by atoms with van der Waals surface area (Å²) in [6.45, 7) is 0.395. The van der Waals surface area contributed by atoms with Crippen LogP contribution in [0.2, 0.25) is 0 Å². The zero-order valence-corrected chi connectivity index (χ0v) is 24.0. The second-order valence-electron chi connectivity index (χ2n) is 8.46. The molecule has 0 atom stereocenters. The highest BCUT2D eigenvalue weighted by Crippen LogP contribution is 2.24. The fourth-order valence-electron chi connectivity index (χ4n) is 3.49. The number of esters is 4. The fraction of sp³-hybridized carbons (Fsp3) is 0.207. The normalized spacial score (nSPS) is 10.8. The van der Waals surface area contributed by atoms with Gasteiger partial charge in [0.2, 0.25) is 5.95 Å². The van der Waals surface area contributed by atoms with Gasteiger partial charge in [-0.1, -0.05) is 36.5 Å². The SMILES string of the molecule is COC(=O)/C=C/C(=O)OCCNC(=S)c1cccc(-c2ccc3c(=O)[nH]c(NCCOC(=O)/C=C/C(=O)OC)nc3c2)c1. The maximum absolute atomic E-state index is 12.6. The molecular weight excluding hydrogens is 580 g/mol. The van der Waals surface area contributed by atoms with Gasteiger partial charge in [-0.15, -0.1) is 0 Å². The molecule has 0 aliphatic carbocycles. The molecule has 0 fully saturated rings. The molecule has 43 heavy (non-hydrogen) atoms. The van der Waals surface area contributed by atoms with Crippen LogP contribution < -0.4 is 16.2 Å². The molecule has 224 valence electrons. The second kappa shape index (κ2) is 16.2. The molecule has 0 spiro atoms. The predicted octanol–water partition coefficient (Wildman–Crippen LogP) is 1.81. The van der Waals surface area contributed by atoms with Crippen LogP contribution in [0.15, 0.2) is 71.6 Å². The van der Waals surface area contributed by atoms with Gasteiger partial charge < -0.3 is 29.6 Å². The van der Waals surface area contributed by atoms with E-state index >= 15 is 0 Å². The molecule has 13 nitrogen and oxygen atoms in total. The summed E-state index contributed by atoms with van der Waals surface area (Å²) in [5.41, 5.74) is 2.43. The van der Waals surface area contributed by atoms with E-state index < -0.39 is 23.9 Å². The van der Waals surface area contributed by atoms with Gasteiger partial charge in [0, 0.05) is 36.4 Å². The number of aromatic nitrogens is 2. The minimum Gasteiger partial charge on any atom is -0.466 e. The average Bonchev–Trinajstić information content (AvgIpc) is 3.02. The van der Waals surface area contributed by atoms with Crippen molar-refractivity contribution < 1.29 is 38.1 Å². The van der Waals surface area contributed by atoms with Crippen molar-refractivity contribution in [3.63, 3.8) is 0 Å². The fourth-order valence-corrected chi connectivity index (χ4v) is 3.72. The van der Waals surface area contributed by atoms with E-state index in [1.54, 1.807) is 18.2 Å². The molecule has 0 unspecified atom stereocenters. The molecule has 0 saturated heterocycles. The Balaban J connectivity index is 1.60. The second-order valence-corrected chi connectivity index (χ2v) is 8.87. The van der Waals surface area contributed by atoms with Crippen molar-refractivity contribution in [1.29, 1.82) is 0 Å². The largest absolute Gasteiger partial charge is 0.466 e. The minimum atomic E-state index is -0.720. The van der Waals surface area contributed by atoms with Crippen molar-refractivity contribution in [2.45, 2.75) is 0 Å². The first-order chi connectivity index (χ1) is 20.7. The van der Waals surface area contributed by atoms with Gasteiger partial charge in [0.15, 0.2) is 0 Å². The quantitative estimate of drug-likeness (QED) is 0.0843. The Labute approximate surface area is 250 Å². The lowest BCUT2D eigenvalue weighted by Gasteiger charge is -2.11. The lowest BCUT2D eigenvalue weighted by Crippen LogP contribution is -2.27. The summed E-state index contributed by atoms with van der Waals surface area (Å²) in [5, 5.41) is 6.30. The first-order valence-electron chi connectivity index (χ1n) is 12.7. The number of hydrogen-bond donors (Lipinski definition) is 3. The summed E-state index contributed by atoms with van der Waals surface area (Å²) in [4.78, 5) is 65.4. The number of hydrogen-bond acceptors (Lipinski definition) is 12. The van der Waals surface area contributed by atoms with Crippen molar-refractivity contribution in [1.82, 2.24) is 15.3 Å². The zero-order valence-electron chi connectivity index (χ0n) is 23.2. The number of benzene rings is 2. The van der Waals surface area contributed by atoms with Crippen LogP contribution in [0, 0.1) is 0 Å². The molecule has 1 heterocycles. The predicted molar refractivity (Wildman–Crippen MR) is 160 cm³/mol. The third-order valence-electron chi connectivity index (χ3n) is 5.55. The number of anilines is 1. The van der Waals surface area contributed by atoms with Gasteiger partial charge >= 0.3 is 23.9 Å². The third kappa shape index (κ3) is 10.2. The number of nitrogens with zero attached hydrogens (tertiary/aromatic N) is 1. The number of methoxy groups -OCH3 is 2. The summed E-state index contributed by atoms with van der Waals surface area (Å²) >= 11 is 5.47. The van der Waals surface area contributed by atoms with Crippen molar-refractivity contribution in [2.75, 3.05) is 45.8 Å². The molecule has 0 saturated carbocycles. The maximum atomic E-state index is 12.6. The van der Waals surface area contributed by atoms with Gasteiger partial charge in [0.1, 0.15) is 18.2 Å². The Hall–Kier alpha value is -5.37. The van der Waals surface area contributed by atoms with Crippen molar-refractivity contribution in [3.8, 4) is 11.1 Å². The zero-order chi connectivity index (χ0) is 31.2. The highest BCUT2D eigenvalue weighted by molar-refractivity contribution is 7.80. The number of rotatable bonds is 13. The molecule has 0 radical (unpaired) electrons. The molecule has 0 aliphatic rings. The molecule has 3 N–H and O–H groups in total. The highest BCUT2D eigenvalue weighted by atomic mass is 32.1. The average molecular weight is 609 g/mol. The van der Waals surface area contributed by atoms with E-state index in [4.69, 9.17) is 21.7 Å². The van der Waals surface area contributed by atoms with Crippen LogP contribution in [0.1, 0.15) is 5.56 Å². The first kappa shape index (κ1) is 32.1. The van der Waals surface area contributed by atoms with Gasteiger partial charge in [-0.25, -0.2) is 24.2 Å². The van der Waals surface area contributed by atoms with Gasteiger partial charge in [0.25, 0.3) is 5.56 Å². The van der Waals surface area contributed by atoms with E-state index in [-0.39, 0.29) is 37.8 Å². The number of thiocarbonyl (C=S) groups is 1. The molecule has 0 aliphatic heterocycles. The van der Waals surface area contributed by atoms with Gasteiger partial charge in [-0.05, 0) is 29.3 Å². The van der Waals surface area contributed by atoms with Crippen LogP contribution in [-0.4, -0.2) is 79.4 Å². The van der Waals surface area contributed by atoms with Crippen molar-refractivity contribution in [3.05, 3.63) is 82.7 Å². The number of H-pyrrole nitrogens is 1. The summed E-state index contributed by atoms with van der Waals surface area (Å²) in [5.74, 6) is -2.55. The van der Waals surface area contributed by atoms with E-state index in [2.05, 4.69) is 30.1 Å². The number of fused-ring (bicyclic) bond motifs is 1. The van der Waals surface area contributed by atoms with Crippen LogP contribution in [0.25, 0.3) is 22.0 Å². The van der Waals surface area contributed by atoms with Crippen LogP contribution in [0.3, 0.4) is 0 Å². The van der Waals surface area contributed by atoms with Crippen LogP contribution >= 0.6 is 12.2 Å². The van der Waals surface area contributed by atoms with E-state index in [1.807, 2.05) is 24.3 Å². The Morgan fingerprint density at radius 1 is 0.837 bits per heavy atom. The number of carbonyl (C=O) groups excluding carboxylic acids is 4. The molecule has 3 rings (SSSR count). The van der Waals surface area contributed by atoms with E-state index in [9.17, 15) is 24.0 Å². The van der Waals surface area contributed by atoms with Crippen molar-refractivity contribution in [2.24, 2.45) is 0 Å². The van der Waals surface area contributed by atoms with Gasteiger partial charge in [-0.2, -0.15) is 0 Å². The van der Waals surface area contributed by atoms with Crippen LogP contribution in [0.4, 0.5) is 5.95 Å². The smallest absolute Gasteiger partial charge is 0.331 e. The standard InChI is InChI=1S/C29H28N4O9S/c1-39-23(34)8-10-25(36)41-14-12-30-28(43)20-5-3-4-18(16-20)19-6-7-21-22(17-19)32-29(33-27(21)38)31-13-15-42-26(37)11-9-24(35)40-2/h3-11,16-17H,12-15H2,1-2H3,(H,30,43)(H2,31,32,33,38)/b10-8+,11-9+. The highest BCUT2D eigenvalue weighted by Gasteiger charge is 2.09. The summed E-state index contributed by atoms with van der Waals surface area (Å²) < 4.78 is 18.8.